The van der Waals surface area contributed by atoms with Crippen molar-refractivity contribution in [2.45, 2.75) is 95.7 Å². The van der Waals surface area contributed by atoms with Crippen molar-refractivity contribution in [2.24, 2.45) is 0 Å². The number of benzene rings is 1. The van der Waals surface area contributed by atoms with E-state index in [1.807, 2.05) is 4.90 Å². The van der Waals surface area contributed by atoms with Gasteiger partial charge in [0.05, 0.1) is 0 Å². The maximum absolute atomic E-state index is 13.0. The number of carbonyl (C=O) groups excluding carboxylic acids is 1. The molecule has 2 aliphatic heterocycles. The van der Waals surface area contributed by atoms with Crippen molar-refractivity contribution in [1.29, 1.82) is 0 Å². The average molecular weight is 440 g/mol. The van der Waals surface area contributed by atoms with E-state index in [0.717, 1.165) is 38.5 Å². The summed E-state index contributed by atoms with van der Waals surface area (Å²) in [6.45, 7) is 10.5. The predicted molar refractivity (Wildman–Crippen MR) is 129 cm³/mol. The SMILES string of the molecule is CC1(C)CN(C(=O)OC2CCCCC2)Cc2cc(N3CCN(C4CCCC4)CC3)ccc21. The Labute approximate surface area is 194 Å². The van der Waals surface area contributed by atoms with E-state index >= 15 is 0 Å². The summed E-state index contributed by atoms with van der Waals surface area (Å²) in [5.74, 6) is 0. The lowest BCUT2D eigenvalue weighted by atomic mass is 9.78. The van der Waals surface area contributed by atoms with Gasteiger partial charge in [-0.1, -0.05) is 39.2 Å². The van der Waals surface area contributed by atoms with Crippen molar-refractivity contribution in [3.8, 4) is 0 Å². The van der Waals surface area contributed by atoms with Crippen LogP contribution in [0, 0.1) is 0 Å². The maximum Gasteiger partial charge on any atom is 0.410 e. The highest BCUT2D eigenvalue weighted by Gasteiger charge is 2.36. The van der Waals surface area contributed by atoms with Gasteiger partial charge in [-0.3, -0.25) is 4.90 Å². The van der Waals surface area contributed by atoms with Crippen molar-refractivity contribution in [3.05, 3.63) is 29.3 Å². The third kappa shape index (κ3) is 4.64. The summed E-state index contributed by atoms with van der Waals surface area (Å²) in [5.41, 5.74) is 3.93. The number of fused-ring (bicyclic) bond motifs is 1. The number of hydrogen-bond donors (Lipinski definition) is 0. The van der Waals surface area contributed by atoms with Crippen LogP contribution in [0.2, 0.25) is 0 Å². The van der Waals surface area contributed by atoms with Crippen LogP contribution in [0.1, 0.15) is 82.8 Å². The van der Waals surface area contributed by atoms with E-state index in [0.29, 0.717) is 6.54 Å². The molecule has 1 aromatic carbocycles. The molecule has 0 unspecified atom stereocenters. The minimum absolute atomic E-state index is 0.0567. The molecule has 0 N–H and O–H groups in total. The number of rotatable bonds is 3. The number of nitrogens with zero attached hydrogens (tertiary/aromatic N) is 3. The summed E-state index contributed by atoms with van der Waals surface area (Å²) in [6.07, 6.45) is 11.3. The van der Waals surface area contributed by atoms with E-state index in [1.165, 1.54) is 74.8 Å². The van der Waals surface area contributed by atoms with Crippen LogP contribution < -0.4 is 4.90 Å². The molecule has 0 radical (unpaired) electrons. The molecule has 1 aromatic rings. The number of carbonyl (C=O) groups is 1. The molecule has 1 amide bonds. The molecule has 5 nitrogen and oxygen atoms in total. The number of amides is 1. The van der Waals surface area contributed by atoms with E-state index in [4.69, 9.17) is 4.74 Å². The smallest absolute Gasteiger partial charge is 0.410 e. The molecule has 0 spiro atoms. The Hall–Kier alpha value is -1.75. The number of hydrogen-bond acceptors (Lipinski definition) is 4. The van der Waals surface area contributed by atoms with Gasteiger partial charge in [0.2, 0.25) is 0 Å². The number of piperazine rings is 1. The second-order valence-corrected chi connectivity index (χ2v) is 11.2. The molecule has 4 aliphatic rings. The van der Waals surface area contributed by atoms with Crippen LogP contribution in [0.3, 0.4) is 0 Å². The summed E-state index contributed by atoms with van der Waals surface area (Å²) in [7, 11) is 0. The molecule has 1 saturated heterocycles. The second-order valence-electron chi connectivity index (χ2n) is 11.2. The van der Waals surface area contributed by atoms with E-state index in [9.17, 15) is 4.79 Å². The average Bonchev–Trinajstić information content (AvgIpc) is 3.34. The van der Waals surface area contributed by atoms with Crippen LogP contribution >= 0.6 is 0 Å². The van der Waals surface area contributed by atoms with Crippen LogP contribution in [0.4, 0.5) is 10.5 Å². The fourth-order valence-electron chi connectivity index (χ4n) is 6.54. The summed E-state index contributed by atoms with van der Waals surface area (Å²) < 4.78 is 5.92. The van der Waals surface area contributed by atoms with Crippen molar-refractivity contribution >= 4 is 11.8 Å². The highest BCUT2D eigenvalue weighted by molar-refractivity contribution is 5.69. The number of ether oxygens (including phenoxy) is 1. The first-order chi connectivity index (χ1) is 15.5. The van der Waals surface area contributed by atoms with E-state index in [1.54, 1.807) is 0 Å². The van der Waals surface area contributed by atoms with Crippen molar-refractivity contribution < 1.29 is 9.53 Å². The van der Waals surface area contributed by atoms with E-state index in [2.05, 4.69) is 41.8 Å². The Balaban J connectivity index is 1.26. The monoisotopic (exact) mass is 439 g/mol. The second kappa shape index (κ2) is 9.24. The Morgan fingerprint density at radius 2 is 1.62 bits per heavy atom. The Morgan fingerprint density at radius 3 is 2.34 bits per heavy atom. The van der Waals surface area contributed by atoms with Gasteiger partial charge in [0.15, 0.2) is 0 Å². The zero-order valence-electron chi connectivity index (χ0n) is 20.2. The lowest BCUT2D eigenvalue weighted by Crippen LogP contribution is -2.50. The molecular weight excluding hydrogens is 398 g/mol. The Kier molecular flexibility index (Phi) is 6.37. The molecule has 2 heterocycles. The number of anilines is 1. The summed E-state index contributed by atoms with van der Waals surface area (Å²) in [5, 5.41) is 0. The highest BCUT2D eigenvalue weighted by Crippen LogP contribution is 2.36. The third-order valence-corrected chi connectivity index (χ3v) is 8.36. The van der Waals surface area contributed by atoms with Crippen LogP contribution in [-0.2, 0) is 16.7 Å². The normalized spacial score (nSPS) is 25.1. The first-order valence-electron chi connectivity index (χ1n) is 13.1. The summed E-state index contributed by atoms with van der Waals surface area (Å²) >= 11 is 0. The van der Waals surface area contributed by atoms with Crippen LogP contribution in [0.15, 0.2) is 18.2 Å². The van der Waals surface area contributed by atoms with Gasteiger partial charge < -0.3 is 14.5 Å². The lowest BCUT2D eigenvalue weighted by Gasteiger charge is -2.42. The van der Waals surface area contributed by atoms with Gasteiger partial charge in [-0.2, -0.15) is 0 Å². The Morgan fingerprint density at radius 1 is 0.938 bits per heavy atom. The summed E-state index contributed by atoms with van der Waals surface area (Å²) in [6, 6.07) is 7.80. The molecular formula is C27H41N3O2. The van der Waals surface area contributed by atoms with Gasteiger partial charge in [-0.25, -0.2) is 4.79 Å². The fraction of sp³-hybridized carbons (Fsp3) is 0.741. The van der Waals surface area contributed by atoms with Crippen LogP contribution in [0.5, 0.6) is 0 Å². The minimum atomic E-state index is -0.119. The fourth-order valence-corrected chi connectivity index (χ4v) is 6.54. The molecule has 2 aliphatic carbocycles. The zero-order chi connectivity index (χ0) is 22.1. The molecule has 0 aromatic heterocycles. The third-order valence-electron chi connectivity index (χ3n) is 8.36. The van der Waals surface area contributed by atoms with Crippen molar-refractivity contribution in [3.63, 3.8) is 0 Å². The first-order valence-corrected chi connectivity index (χ1v) is 13.1. The largest absolute Gasteiger partial charge is 0.446 e. The van der Waals surface area contributed by atoms with Crippen molar-refractivity contribution in [2.75, 3.05) is 37.6 Å². The summed E-state index contributed by atoms with van der Waals surface area (Å²) in [4.78, 5) is 20.2. The van der Waals surface area contributed by atoms with Gasteiger partial charge in [-0.15, -0.1) is 0 Å². The van der Waals surface area contributed by atoms with Crippen LogP contribution in [-0.4, -0.2) is 60.8 Å². The van der Waals surface area contributed by atoms with Gasteiger partial charge in [-0.05, 0) is 61.8 Å². The van der Waals surface area contributed by atoms with Gasteiger partial charge in [0, 0.05) is 56.4 Å². The van der Waals surface area contributed by atoms with Gasteiger partial charge in [0.25, 0.3) is 0 Å². The van der Waals surface area contributed by atoms with Crippen LogP contribution in [0.25, 0.3) is 0 Å². The van der Waals surface area contributed by atoms with E-state index < -0.39 is 0 Å². The topological polar surface area (TPSA) is 36.0 Å². The molecule has 2 saturated carbocycles. The lowest BCUT2D eigenvalue weighted by molar-refractivity contribution is 0.0371. The molecule has 3 fully saturated rings. The molecule has 0 atom stereocenters. The van der Waals surface area contributed by atoms with Gasteiger partial charge in [0.1, 0.15) is 6.10 Å². The molecule has 176 valence electrons. The van der Waals surface area contributed by atoms with Gasteiger partial charge >= 0.3 is 6.09 Å². The maximum atomic E-state index is 13.0. The minimum Gasteiger partial charge on any atom is -0.446 e. The predicted octanol–water partition coefficient (Wildman–Crippen LogP) is 5.31. The zero-order valence-corrected chi connectivity index (χ0v) is 20.2. The van der Waals surface area contributed by atoms with Crippen molar-refractivity contribution in [1.82, 2.24) is 9.80 Å². The molecule has 0 bridgehead atoms. The highest BCUT2D eigenvalue weighted by atomic mass is 16.6. The molecule has 5 rings (SSSR count). The molecule has 5 heteroatoms. The quantitative estimate of drug-likeness (QED) is 0.639. The van der Waals surface area contributed by atoms with E-state index in [-0.39, 0.29) is 17.6 Å². The molecule has 32 heavy (non-hydrogen) atoms. The standard InChI is InChI=1S/C27H41N3O2/c1-27(2)20-30(26(31)32-24-10-4-3-5-11-24)19-21-18-23(12-13-25(21)27)29-16-14-28(15-17-29)22-8-6-7-9-22/h12-13,18,22,24H,3-11,14-17,19-20H2,1-2H3. The first kappa shape index (κ1) is 22.1. The Bertz CT molecular complexity index is 803.